The topological polar surface area (TPSA) is 91.9 Å². The van der Waals surface area contributed by atoms with Crippen LogP contribution in [-0.4, -0.2) is 31.1 Å². The number of carbonyl (C=O) groups is 1. The first-order valence-corrected chi connectivity index (χ1v) is 9.59. The lowest BCUT2D eigenvalue weighted by Crippen LogP contribution is -2.26. The smallest absolute Gasteiger partial charge is 0.273 e. The van der Waals surface area contributed by atoms with Gasteiger partial charge in [-0.05, 0) is 31.6 Å². The third-order valence-electron chi connectivity index (χ3n) is 3.96. The van der Waals surface area contributed by atoms with Gasteiger partial charge in [0, 0.05) is 23.1 Å². The first kappa shape index (κ1) is 14.8. The van der Waals surface area contributed by atoms with E-state index in [0.717, 1.165) is 31.6 Å². The predicted octanol–water partition coefficient (Wildman–Crippen LogP) is 2.13. The Morgan fingerprint density at radius 1 is 1.33 bits per heavy atom. The summed E-state index contributed by atoms with van der Waals surface area (Å²) in [7, 11) is 1.48. The number of nitrogens with one attached hydrogen (secondary N) is 2. The maximum Gasteiger partial charge on any atom is 0.273 e. The van der Waals surface area contributed by atoms with E-state index in [1.165, 1.54) is 12.8 Å². The van der Waals surface area contributed by atoms with Crippen LogP contribution in [0.4, 0.5) is 0 Å². The molecule has 2 aliphatic rings. The maximum absolute atomic E-state index is 12.1. The van der Waals surface area contributed by atoms with Gasteiger partial charge < -0.3 is 5.32 Å². The van der Waals surface area contributed by atoms with Crippen molar-refractivity contribution in [2.24, 2.45) is 5.92 Å². The highest BCUT2D eigenvalue weighted by molar-refractivity contribution is 8.13. The summed E-state index contributed by atoms with van der Waals surface area (Å²) in [5, 5.41) is 9.26. The standard InChI is InChI=1S/C13H18ClN3O3S/c14-21(19,20)12-10(9-5-6-9)16-17-11(12)13(18)15-7-1-2-8-3-4-8/h8-9H,1-7H2,(H,15,18)(H,16,17). The number of carbonyl (C=O) groups excluding carboxylic acids is 1. The van der Waals surface area contributed by atoms with Crippen LogP contribution in [-0.2, 0) is 9.05 Å². The zero-order valence-corrected chi connectivity index (χ0v) is 13.1. The number of hydrogen-bond donors (Lipinski definition) is 2. The van der Waals surface area contributed by atoms with Crippen molar-refractivity contribution in [2.45, 2.75) is 49.3 Å². The van der Waals surface area contributed by atoms with E-state index in [1.807, 2.05) is 0 Å². The van der Waals surface area contributed by atoms with Crippen molar-refractivity contribution in [1.82, 2.24) is 15.5 Å². The van der Waals surface area contributed by atoms with E-state index in [2.05, 4.69) is 15.5 Å². The molecule has 1 heterocycles. The largest absolute Gasteiger partial charge is 0.351 e. The summed E-state index contributed by atoms with van der Waals surface area (Å²) in [4.78, 5) is 12.0. The van der Waals surface area contributed by atoms with Crippen LogP contribution in [0.2, 0.25) is 0 Å². The van der Waals surface area contributed by atoms with Crippen LogP contribution in [0.1, 0.15) is 60.6 Å². The summed E-state index contributed by atoms with van der Waals surface area (Å²) in [5.41, 5.74) is 0.353. The van der Waals surface area contributed by atoms with Crippen LogP contribution in [0, 0.1) is 5.92 Å². The molecule has 0 unspecified atom stereocenters. The first-order valence-electron chi connectivity index (χ1n) is 7.28. The van der Waals surface area contributed by atoms with E-state index < -0.39 is 15.0 Å². The minimum absolute atomic E-state index is 0.113. The quantitative estimate of drug-likeness (QED) is 0.591. The van der Waals surface area contributed by atoms with E-state index >= 15 is 0 Å². The predicted molar refractivity (Wildman–Crippen MR) is 77.9 cm³/mol. The number of aromatic amines is 1. The SMILES string of the molecule is O=C(NCCCC1CC1)c1n[nH]c(C2CC2)c1S(=O)(=O)Cl. The lowest BCUT2D eigenvalue weighted by atomic mass is 10.2. The van der Waals surface area contributed by atoms with E-state index in [0.29, 0.717) is 12.2 Å². The van der Waals surface area contributed by atoms with Gasteiger partial charge in [-0.15, -0.1) is 0 Å². The van der Waals surface area contributed by atoms with Gasteiger partial charge in [0.05, 0.1) is 5.69 Å². The van der Waals surface area contributed by atoms with Crippen LogP contribution < -0.4 is 5.32 Å². The molecule has 0 bridgehead atoms. The Bertz CT molecular complexity index is 648. The van der Waals surface area contributed by atoms with Gasteiger partial charge >= 0.3 is 0 Å². The Kier molecular flexibility index (Phi) is 3.96. The number of halogens is 1. The van der Waals surface area contributed by atoms with Gasteiger partial charge in [-0.3, -0.25) is 9.89 Å². The van der Waals surface area contributed by atoms with Gasteiger partial charge in [-0.2, -0.15) is 5.10 Å². The van der Waals surface area contributed by atoms with Gasteiger partial charge in [-0.1, -0.05) is 12.8 Å². The molecular weight excluding hydrogens is 314 g/mol. The van der Waals surface area contributed by atoms with Gasteiger partial charge in [0.2, 0.25) is 0 Å². The molecule has 2 aliphatic carbocycles. The Balaban J connectivity index is 1.69. The number of rotatable bonds is 7. The third-order valence-corrected chi connectivity index (χ3v) is 5.33. The fraction of sp³-hybridized carbons (Fsp3) is 0.692. The van der Waals surface area contributed by atoms with Crippen LogP contribution in [0.15, 0.2) is 4.90 Å². The fourth-order valence-corrected chi connectivity index (χ4v) is 3.79. The average Bonchev–Trinajstić information content (AvgIpc) is 3.32. The van der Waals surface area contributed by atoms with Crippen molar-refractivity contribution in [3.8, 4) is 0 Å². The summed E-state index contributed by atoms with van der Waals surface area (Å²) in [5.74, 6) is 0.457. The molecule has 0 saturated heterocycles. The van der Waals surface area contributed by atoms with Crippen molar-refractivity contribution in [1.29, 1.82) is 0 Å². The Morgan fingerprint density at radius 2 is 2.05 bits per heavy atom. The zero-order chi connectivity index (χ0) is 15.0. The molecule has 2 N–H and O–H groups in total. The van der Waals surface area contributed by atoms with E-state index in [1.54, 1.807) is 0 Å². The minimum Gasteiger partial charge on any atom is -0.351 e. The molecule has 116 valence electrons. The highest BCUT2D eigenvalue weighted by atomic mass is 35.7. The molecule has 1 aromatic heterocycles. The normalized spacial score (nSPS) is 18.7. The minimum atomic E-state index is -3.99. The summed E-state index contributed by atoms with van der Waals surface area (Å²) >= 11 is 0. The highest BCUT2D eigenvalue weighted by Crippen LogP contribution is 2.43. The molecule has 2 saturated carbocycles. The molecular formula is C13H18ClN3O3S. The van der Waals surface area contributed by atoms with E-state index in [-0.39, 0.29) is 16.5 Å². The molecule has 3 rings (SSSR count). The third kappa shape index (κ3) is 3.58. The first-order chi connectivity index (χ1) is 9.97. The number of amides is 1. The van der Waals surface area contributed by atoms with Crippen molar-refractivity contribution in [3.05, 3.63) is 11.4 Å². The lowest BCUT2D eigenvalue weighted by molar-refractivity contribution is 0.0944. The molecule has 6 nitrogen and oxygen atoms in total. The highest BCUT2D eigenvalue weighted by Gasteiger charge is 2.36. The van der Waals surface area contributed by atoms with E-state index in [4.69, 9.17) is 10.7 Å². The molecule has 1 aromatic rings. The van der Waals surface area contributed by atoms with Gasteiger partial charge in [0.1, 0.15) is 4.90 Å². The molecule has 1 amide bonds. The maximum atomic E-state index is 12.1. The van der Waals surface area contributed by atoms with Crippen molar-refractivity contribution >= 4 is 25.6 Å². The van der Waals surface area contributed by atoms with Crippen LogP contribution in [0.3, 0.4) is 0 Å². The molecule has 21 heavy (non-hydrogen) atoms. The monoisotopic (exact) mass is 331 g/mol. The molecule has 8 heteroatoms. The second-order valence-electron chi connectivity index (χ2n) is 5.87. The Labute approximate surface area is 128 Å². The Hall–Kier alpha value is -1.08. The van der Waals surface area contributed by atoms with E-state index in [9.17, 15) is 13.2 Å². The Morgan fingerprint density at radius 3 is 2.62 bits per heavy atom. The number of nitrogens with zero attached hydrogens (tertiary/aromatic N) is 1. The summed E-state index contributed by atoms with van der Waals surface area (Å²) in [6.07, 6.45) is 6.36. The van der Waals surface area contributed by atoms with Gasteiger partial charge in [0.25, 0.3) is 15.0 Å². The van der Waals surface area contributed by atoms with Crippen molar-refractivity contribution < 1.29 is 13.2 Å². The van der Waals surface area contributed by atoms with Crippen LogP contribution in [0.5, 0.6) is 0 Å². The number of H-pyrrole nitrogens is 1. The summed E-state index contributed by atoms with van der Waals surface area (Å²) in [6, 6.07) is 0. The zero-order valence-electron chi connectivity index (χ0n) is 11.6. The molecule has 0 aromatic carbocycles. The van der Waals surface area contributed by atoms with Crippen LogP contribution >= 0.6 is 10.7 Å². The molecule has 0 atom stereocenters. The molecule has 0 radical (unpaired) electrons. The van der Waals surface area contributed by atoms with Crippen molar-refractivity contribution in [2.75, 3.05) is 6.54 Å². The van der Waals surface area contributed by atoms with Crippen molar-refractivity contribution in [3.63, 3.8) is 0 Å². The summed E-state index contributed by atoms with van der Waals surface area (Å²) in [6.45, 7) is 0.530. The van der Waals surface area contributed by atoms with Crippen LogP contribution in [0.25, 0.3) is 0 Å². The molecule has 2 fully saturated rings. The lowest BCUT2D eigenvalue weighted by Gasteiger charge is -2.04. The number of hydrogen-bond acceptors (Lipinski definition) is 4. The molecule has 0 spiro atoms. The fourth-order valence-electron chi connectivity index (χ4n) is 2.48. The van der Waals surface area contributed by atoms with Gasteiger partial charge in [-0.25, -0.2) is 8.42 Å². The second-order valence-corrected chi connectivity index (χ2v) is 8.37. The average molecular weight is 332 g/mol. The second kappa shape index (κ2) is 5.61. The summed E-state index contributed by atoms with van der Waals surface area (Å²) < 4.78 is 23.5. The number of aromatic nitrogens is 2. The van der Waals surface area contributed by atoms with Gasteiger partial charge in [0.15, 0.2) is 5.69 Å². The molecule has 0 aliphatic heterocycles.